The van der Waals surface area contributed by atoms with Crippen molar-refractivity contribution in [2.45, 2.75) is 38.9 Å². The molecule has 0 aromatic carbocycles. The van der Waals surface area contributed by atoms with Gasteiger partial charge in [-0.2, -0.15) is 0 Å². The van der Waals surface area contributed by atoms with Crippen molar-refractivity contribution >= 4 is 13.2 Å². The van der Waals surface area contributed by atoms with Gasteiger partial charge in [-0.15, -0.1) is 0 Å². The number of aromatic amines is 2. The molecular weight excluding hydrogens is 275 g/mol. The summed E-state index contributed by atoms with van der Waals surface area (Å²) < 4.78 is 11.6. The van der Waals surface area contributed by atoms with Crippen molar-refractivity contribution in [3.63, 3.8) is 0 Å². The second-order valence-electron chi connectivity index (χ2n) is 5.99. The third-order valence-electron chi connectivity index (χ3n) is 3.93. The van der Waals surface area contributed by atoms with Crippen LogP contribution in [0.25, 0.3) is 6.08 Å². The highest BCUT2D eigenvalue weighted by Gasteiger charge is 2.52. The van der Waals surface area contributed by atoms with Gasteiger partial charge in [0.05, 0.1) is 23.4 Å². The number of H-pyrrole nitrogens is 2. The van der Waals surface area contributed by atoms with Gasteiger partial charge < -0.3 is 19.4 Å². The Bertz CT molecular complexity index is 658. The number of aliphatic hydroxyl groups is 1. The largest absolute Gasteiger partial charge is 0.492 e. The lowest BCUT2D eigenvalue weighted by atomic mass is 9.78. The third kappa shape index (κ3) is 3.02. The fourth-order valence-electron chi connectivity index (χ4n) is 1.91. The van der Waals surface area contributed by atoms with Crippen molar-refractivity contribution in [2.75, 3.05) is 6.61 Å². The van der Waals surface area contributed by atoms with Gasteiger partial charge >= 0.3 is 12.8 Å². The first kappa shape index (κ1) is 15.7. The van der Waals surface area contributed by atoms with E-state index in [4.69, 9.17) is 9.31 Å². The highest BCUT2D eigenvalue weighted by atomic mass is 16.7. The zero-order chi connectivity index (χ0) is 15.8. The Labute approximate surface area is 122 Å². The highest BCUT2D eigenvalue weighted by Crippen LogP contribution is 2.38. The molecule has 0 bridgehead atoms. The number of hydrogen-bond donors (Lipinski definition) is 3. The fourth-order valence-corrected chi connectivity index (χ4v) is 1.91. The topological polar surface area (TPSA) is 104 Å². The zero-order valence-corrected chi connectivity index (χ0v) is 12.5. The first-order valence-electron chi connectivity index (χ1n) is 6.65. The maximum Gasteiger partial charge on any atom is 0.492 e. The van der Waals surface area contributed by atoms with Crippen LogP contribution in [0.2, 0.25) is 0 Å². The van der Waals surface area contributed by atoms with Crippen LogP contribution < -0.4 is 11.2 Å². The van der Waals surface area contributed by atoms with Crippen molar-refractivity contribution in [3.8, 4) is 0 Å². The summed E-state index contributed by atoms with van der Waals surface area (Å²) in [4.78, 5) is 27.2. The lowest BCUT2D eigenvalue weighted by Gasteiger charge is -2.32. The van der Waals surface area contributed by atoms with Crippen LogP contribution in [-0.4, -0.2) is 40.0 Å². The average Bonchev–Trinajstić information content (AvgIpc) is 2.57. The van der Waals surface area contributed by atoms with Crippen LogP contribution >= 0.6 is 0 Å². The minimum Gasteiger partial charge on any atom is -0.400 e. The lowest BCUT2D eigenvalue weighted by molar-refractivity contribution is 0.00578. The van der Waals surface area contributed by atoms with Gasteiger partial charge in [-0.05, 0) is 39.2 Å². The summed E-state index contributed by atoms with van der Waals surface area (Å²) >= 11 is 0. The second-order valence-corrected chi connectivity index (χ2v) is 5.99. The molecule has 7 nitrogen and oxygen atoms in total. The number of aromatic nitrogens is 2. The van der Waals surface area contributed by atoms with Gasteiger partial charge in [0.2, 0.25) is 0 Å². The van der Waals surface area contributed by atoms with Gasteiger partial charge in [-0.1, -0.05) is 0 Å². The summed E-state index contributed by atoms with van der Waals surface area (Å²) in [6, 6.07) is 0. The predicted octanol–water partition coefficient (Wildman–Crippen LogP) is 0.0703. The zero-order valence-electron chi connectivity index (χ0n) is 12.5. The maximum atomic E-state index is 11.7. The van der Waals surface area contributed by atoms with E-state index in [9.17, 15) is 14.7 Å². The lowest BCUT2D eigenvalue weighted by Crippen LogP contribution is -2.41. The quantitative estimate of drug-likeness (QED) is 0.684. The summed E-state index contributed by atoms with van der Waals surface area (Å²) in [5.41, 5.74) is -1.58. The Kier molecular flexibility index (Phi) is 3.96. The fraction of sp³-hybridized carbons (Fsp3) is 0.538. The third-order valence-corrected chi connectivity index (χ3v) is 3.93. The minimum atomic E-state index is -0.744. The van der Waals surface area contributed by atoms with E-state index in [0.717, 1.165) is 0 Å². The number of rotatable bonds is 3. The van der Waals surface area contributed by atoms with Crippen molar-refractivity contribution in [2.24, 2.45) is 0 Å². The Morgan fingerprint density at radius 2 is 1.86 bits per heavy atom. The van der Waals surface area contributed by atoms with Crippen LogP contribution in [-0.2, 0) is 9.31 Å². The summed E-state index contributed by atoms with van der Waals surface area (Å²) in [6.45, 7) is 7.27. The summed E-state index contributed by atoms with van der Waals surface area (Å²) in [6.07, 6.45) is 2.74. The van der Waals surface area contributed by atoms with E-state index in [1.165, 1.54) is 12.3 Å². The van der Waals surface area contributed by atoms with E-state index >= 15 is 0 Å². The van der Waals surface area contributed by atoms with Crippen molar-refractivity contribution in [3.05, 3.63) is 38.1 Å². The molecule has 0 spiro atoms. The second kappa shape index (κ2) is 5.29. The van der Waals surface area contributed by atoms with Gasteiger partial charge in [0.1, 0.15) is 0 Å². The Morgan fingerprint density at radius 1 is 1.29 bits per heavy atom. The molecule has 3 N–H and O–H groups in total. The van der Waals surface area contributed by atoms with Crippen LogP contribution in [0, 0.1) is 0 Å². The van der Waals surface area contributed by atoms with E-state index in [2.05, 4.69) is 9.97 Å². The van der Waals surface area contributed by atoms with Gasteiger partial charge in [0, 0.05) is 6.20 Å². The van der Waals surface area contributed by atoms with Gasteiger partial charge in [-0.25, -0.2) is 4.79 Å². The maximum absolute atomic E-state index is 11.7. The molecule has 0 atom stereocenters. The van der Waals surface area contributed by atoms with Gasteiger partial charge in [-0.3, -0.25) is 9.78 Å². The summed E-state index contributed by atoms with van der Waals surface area (Å²) in [5, 5.41) is 9.52. The summed E-state index contributed by atoms with van der Waals surface area (Å²) in [7, 11) is -0.744. The molecule has 1 fully saturated rings. The standard InChI is InChI=1S/C13H19BN2O5/c1-12(2)13(3,4)21-14(20-12)9(7-17)5-8-6-15-11(19)16-10(8)18/h5-6,17H,7H2,1-4H3,(H2,15,16,18,19). The van der Waals surface area contributed by atoms with Crippen LogP contribution in [0.3, 0.4) is 0 Å². The van der Waals surface area contributed by atoms with Crippen molar-refractivity contribution in [1.82, 2.24) is 9.97 Å². The smallest absolute Gasteiger partial charge is 0.400 e. The Hall–Kier alpha value is -1.64. The first-order chi connectivity index (χ1) is 9.66. The van der Waals surface area contributed by atoms with Gasteiger partial charge in [0.25, 0.3) is 5.56 Å². The average molecular weight is 294 g/mol. The number of hydrogen-bond acceptors (Lipinski definition) is 5. The van der Waals surface area contributed by atoms with E-state index < -0.39 is 29.6 Å². The number of aliphatic hydroxyl groups excluding tert-OH is 1. The molecule has 2 heterocycles. The molecular formula is C13H19BN2O5. The SMILES string of the molecule is CC1(C)OB(C(=Cc2c[nH]c(=O)[nH]c2=O)CO)OC1(C)C. The van der Waals surface area contributed by atoms with Crippen molar-refractivity contribution < 1.29 is 14.4 Å². The van der Waals surface area contributed by atoms with Crippen LogP contribution in [0.4, 0.5) is 0 Å². The van der Waals surface area contributed by atoms with Crippen LogP contribution in [0.15, 0.2) is 21.3 Å². The molecule has 0 amide bonds. The molecule has 1 aliphatic rings. The Morgan fingerprint density at radius 3 is 2.33 bits per heavy atom. The molecule has 1 saturated heterocycles. The molecule has 0 unspecified atom stereocenters. The molecule has 0 saturated carbocycles. The van der Waals surface area contributed by atoms with Crippen LogP contribution in [0.1, 0.15) is 33.3 Å². The summed E-state index contributed by atoms with van der Waals surface area (Å²) in [5.74, 6) is 0. The molecule has 21 heavy (non-hydrogen) atoms. The van der Waals surface area contributed by atoms with E-state index in [1.807, 2.05) is 27.7 Å². The predicted molar refractivity (Wildman–Crippen MR) is 78.8 cm³/mol. The minimum absolute atomic E-state index is 0.216. The van der Waals surface area contributed by atoms with Crippen molar-refractivity contribution in [1.29, 1.82) is 0 Å². The monoisotopic (exact) mass is 294 g/mol. The highest BCUT2D eigenvalue weighted by molar-refractivity contribution is 6.55. The van der Waals surface area contributed by atoms with E-state index in [1.54, 1.807) is 0 Å². The molecule has 114 valence electrons. The molecule has 8 heteroatoms. The normalized spacial score (nSPS) is 20.8. The molecule has 1 aromatic rings. The van der Waals surface area contributed by atoms with Crippen LogP contribution in [0.5, 0.6) is 0 Å². The number of nitrogens with one attached hydrogen (secondary N) is 2. The molecule has 2 rings (SSSR count). The molecule has 1 aliphatic heterocycles. The van der Waals surface area contributed by atoms with E-state index in [0.29, 0.717) is 5.47 Å². The molecule has 1 aromatic heterocycles. The van der Waals surface area contributed by atoms with Gasteiger partial charge in [0.15, 0.2) is 0 Å². The Balaban J connectivity index is 2.35. The first-order valence-corrected chi connectivity index (χ1v) is 6.65. The molecule has 0 aliphatic carbocycles. The van der Waals surface area contributed by atoms with E-state index in [-0.39, 0.29) is 12.2 Å². The molecule has 0 radical (unpaired) electrons.